The first-order chi connectivity index (χ1) is 24.0. The van der Waals surface area contributed by atoms with Crippen LogP contribution in [0.5, 0.6) is 0 Å². The minimum atomic E-state index is -4.54. The largest absolute Gasteiger partial charge is 0.756 e. The Morgan fingerprint density at radius 2 is 0.980 bits per heavy atom. The van der Waals surface area contributed by atoms with Crippen molar-refractivity contribution in [3.8, 4) is 0 Å². The van der Waals surface area contributed by atoms with Gasteiger partial charge in [0, 0.05) is 6.42 Å². The lowest BCUT2D eigenvalue weighted by molar-refractivity contribution is -0.870. The number of amides is 1. The zero-order chi connectivity index (χ0) is 37.2. The predicted molar refractivity (Wildman–Crippen MR) is 210 cm³/mol. The van der Waals surface area contributed by atoms with Crippen LogP contribution in [0.4, 0.5) is 0 Å². The van der Waals surface area contributed by atoms with Gasteiger partial charge in [0.15, 0.2) is 0 Å². The summed E-state index contributed by atoms with van der Waals surface area (Å²) in [7, 11) is 1.31. The van der Waals surface area contributed by atoms with Gasteiger partial charge in [-0.2, -0.15) is 0 Å². The van der Waals surface area contributed by atoms with Gasteiger partial charge < -0.3 is 28.8 Å². The molecule has 3 atom stereocenters. The van der Waals surface area contributed by atoms with Crippen LogP contribution in [-0.2, 0) is 18.4 Å². The van der Waals surface area contributed by atoms with Crippen LogP contribution in [0, 0.1) is 0 Å². The molecule has 0 aromatic heterocycles. The molecule has 0 saturated heterocycles. The van der Waals surface area contributed by atoms with Crippen molar-refractivity contribution in [2.75, 3.05) is 40.9 Å². The van der Waals surface area contributed by atoms with Crippen molar-refractivity contribution in [2.24, 2.45) is 0 Å². The predicted octanol–water partition coefficient (Wildman–Crippen LogP) is 10.8. The fourth-order valence-corrected chi connectivity index (χ4v) is 7.12. The van der Waals surface area contributed by atoms with E-state index in [2.05, 4.69) is 19.2 Å². The van der Waals surface area contributed by atoms with Crippen molar-refractivity contribution in [3.63, 3.8) is 0 Å². The van der Waals surface area contributed by atoms with Crippen molar-refractivity contribution >= 4 is 13.7 Å². The third kappa shape index (κ3) is 35.9. The Bertz CT molecular complexity index is 794. The van der Waals surface area contributed by atoms with Crippen LogP contribution in [0.15, 0.2) is 0 Å². The van der Waals surface area contributed by atoms with Crippen molar-refractivity contribution in [1.29, 1.82) is 0 Å². The van der Waals surface area contributed by atoms with Crippen LogP contribution in [-0.4, -0.2) is 68.5 Å². The molecule has 2 N–H and O–H groups in total. The number of nitrogens with one attached hydrogen (secondary N) is 1. The van der Waals surface area contributed by atoms with E-state index in [0.29, 0.717) is 23.9 Å². The molecule has 3 unspecified atom stereocenters. The molecule has 0 rings (SSSR count). The van der Waals surface area contributed by atoms with Crippen molar-refractivity contribution in [2.45, 2.75) is 219 Å². The highest BCUT2D eigenvalue weighted by molar-refractivity contribution is 7.45. The summed E-state index contributed by atoms with van der Waals surface area (Å²) in [5.41, 5.74) is 0. The number of hydrogen-bond acceptors (Lipinski definition) is 6. The average molecular weight is 733 g/mol. The molecular weight excluding hydrogens is 647 g/mol. The Morgan fingerprint density at radius 1 is 0.620 bits per heavy atom. The third-order valence-corrected chi connectivity index (χ3v) is 10.8. The minimum Gasteiger partial charge on any atom is -0.756 e. The summed E-state index contributed by atoms with van der Waals surface area (Å²) in [5.74, 6) is -0.166. The summed E-state index contributed by atoms with van der Waals surface area (Å²) in [5, 5.41) is 13.7. The SMILES string of the molecule is CCCCCCCCCCCCCCCCCCCCCCCCC(=O)NC(COP(=O)([O-])OCC[N+](C)(C)C)C(O)CCCCCCCC. The highest BCUT2D eigenvalue weighted by atomic mass is 31.2. The van der Waals surface area contributed by atoms with Crippen LogP contribution < -0.4 is 10.2 Å². The number of nitrogens with zero attached hydrogens (tertiary/aromatic N) is 1. The fraction of sp³-hybridized carbons (Fsp3) is 0.976. The molecule has 300 valence electrons. The number of phosphoric acid groups is 1. The summed E-state index contributed by atoms with van der Waals surface area (Å²) < 4.78 is 23.1. The highest BCUT2D eigenvalue weighted by Crippen LogP contribution is 2.38. The maximum Gasteiger partial charge on any atom is 0.268 e. The number of rotatable bonds is 39. The Balaban J connectivity index is 4.04. The van der Waals surface area contributed by atoms with Gasteiger partial charge in [0.1, 0.15) is 13.2 Å². The molecule has 0 aromatic carbocycles. The van der Waals surface area contributed by atoms with Crippen LogP contribution >= 0.6 is 7.82 Å². The molecule has 0 heterocycles. The highest BCUT2D eigenvalue weighted by Gasteiger charge is 2.24. The lowest BCUT2D eigenvalue weighted by Gasteiger charge is -2.30. The zero-order valence-corrected chi connectivity index (χ0v) is 34.8. The molecule has 0 bridgehead atoms. The second-order valence-corrected chi connectivity index (χ2v) is 17.5. The molecule has 1 amide bonds. The first-order valence-electron chi connectivity index (χ1n) is 21.4. The summed E-state index contributed by atoms with van der Waals surface area (Å²) in [6.07, 6.45) is 35.7. The quantitative estimate of drug-likeness (QED) is 0.0370. The van der Waals surface area contributed by atoms with E-state index in [-0.39, 0.29) is 19.1 Å². The molecular formula is C41H85N2O6P. The van der Waals surface area contributed by atoms with Crippen LogP contribution in [0.2, 0.25) is 0 Å². The molecule has 9 heteroatoms. The molecule has 0 aliphatic rings. The number of aliphatic hydroxyl groups is 1. The molecule has 0 saturated carbocycles. The van der Waals surface area contributed by atoms with E-state index in [1.54, 1.807) is 0 Å². The second kappa shape index (κ2) is 34.3. The van der Waals surface area contributed by atoms with Crippen LogP contribution in [0.1, 0.15) is 206 Å². The van der Waals surface area contributed by atoms with E-state index in [9.17, 15) is 19.4 Å². The molecule has 0 fully saturated rings. The number of quaternary nitrogens is 1. The topological polar surface area (TPSA) is 108 Å². The molecule has 50 heavy (non-hydrogen) atoms. The van der Waals surface area contributed by atoms with Crippen molar-refractivity contribution in [1.82, 2.24) is 5.32 Å². The van der Waals surface area contributed by atoms with E-state index in [4.69, 9.17) is 9.05 Å². The van der Waals surface area contributed by atoms with Gasteiger partial charge in [-0.05, 0) is 12.8 Å². The Kier molecular flexibility index (Phi) is 33.9. The molecule has 0 radical (unpaired) electrons. The summed E-state index contributed by atoms with van der Waals surface area (Å²) >= 11 is 0. The van der Waals surface area contributed by atoms with Gasteiger partial charge in [-0.25, -0.2) is 0 Å². The van der Waals surface area contributed by atoms with Gasteiger partial charge in [-0.3, -0.25) is 9.36 Å². The van der Waals surface area contributed by atoms with Crippen molar-refractivity contribution in [3.05, 3.63) is 0 Å². The number of unbranched alkanes of at least 4 members (excludes halogenated alkanes) is 26. The number of carbonyl (C=O) groups is 1. The summed E-state index contributed by atoms with van der Waals surface area (Å²) in [6, 6.07) is -0.790. The van der Waals surface area contributed by atoms with Gasteiger partial charge in [0.25, 0.3) is 7.82 Å². The lowest BCUT2D eigenvalue weighted by Crippen LogP contribution is -2.46. The van der Waals surface area contributed by atoms with E-state index >= 15 is 0 Å². The molecule has 8 nitrogen and oxygen atoms in total. The zero-order valence-electron chi connectivity index (χ0n) is 33.9. The lowest BCUT2D eigenvalue weighted by atomic mass is 10.0. The van der Waals surface area contributed by atoms with E-state index in [0.717, 1.165) is 38.5 Å². The number of hydrogen-bond donors (Lipinski definition) is 2. The fourth-order valence-electron chi connectivity index (χ4n) is 6.39. The van der Waals surface area contributed by atoms with Gasteiger partial charge in [-0.15, -0.1) is 0 Å². The number of aliphatic hydroxyl groups excluding tert-OH is 1. The van der Waals surface area contributed by atoms with Gasteiger partial charge >= 0.3 is 0 Å². The number of likely N-dealkylation sites (N-methyl/N-ethyl adjacent to an activating group) is 1. The van der Waals surface area contributed by atoms with E-state index < -0.39 is 20.0 Å². The molecule has 0 spiro atoms. The van der Waals surface area contributed by atoms with E-state index in [1.807, 2.05) is 21.1 Å². The minimum absolute atomic E-state index is 0.0150. The Labute approximate surface area is 310 Å². The maximum absolute atomic E-state index is 12.8. The Hall–Kier alpha value is -0.500. The van der Waals surface area contributed by atoms with Gasteiger partial charge in [0.05, 0.1) is 39.9 Å². The third-order valence-electron chi connectivity index (χ3n) is 9.85. The molecule has 0 aliphatic heterocycles. The number of phosphoric ester groups is 1. The van der Waals surface area contributed by atoms with Gasteiger partial charge in [0.2, 0.25) is 5.91 Å². The van der Waals surface area contributed by atoms with Crippen LogP contribution in [0.3, 0.4) is 0 Å². The normalized spacial score (nSPS) is 14.5. The van der Waals surface area contributed by atoms with E-state index in [1.165, 1.54) is 141 Å². The smallest absolute Gasteiger partial charge is 0.268 e. The first-order valence-corrected chi connectivity index (χ1v) is 22.8. The van der Waals surface area contributed by atoms with Gasteiger partial charge in [-0.1, -0.05) is 187 Å². The molecule has 0 aromatic rings. The number of carbonyl (C=O) groups excluding carboxylic acids is 1. The average Bonchev–Trinajstić information content (AvgIpc) is 3.06. The summed E-state index contributed by atoms with van der Waals surface area (Å²) in [4.78, 5) is 25.1. The standard InChI is InChI=1S/C41H85N2O6P/c1-6-8-10-12-14-15-16-17-18-19-20-21-22-23-24-25-26-27-28-29-31-33-35-41(45)42-39(40(44)34-32-30-13-11-9-7-2)38-49-50(46,47)48-37-36-43(3,4)5/h39-40,44H,6-38H2,1-5H3,(H-,42,45,46,47). The van der Waals surface area contributed by atoms with Crippen molar-refractivity contribution < 1.29 is 32.9 Å². The maximum atomic E-state index is 12.8. The first kappa shape index (κ1) is 49.5. The Morgan fingerprint density at radius 3 is 1.36 bits per heavy atom. The summed E-state index contributed by atoms with van der Waals surface area (Å²) in [6.45, 7) is 4.66. The molecule has 0 aliphatic carbocycles. The van der Waals surface area contributed by atoms with Crippen LogP contribution in [0.25, 0.3) is 0 Å². The monoisotopic (exact) mass is 733 g/mol. The second-order valence-electron chi connectivity index (χ2n) is 16.1.